The number of nitrogens with one attached hydrogen (secondary N) is 1. The lowest BCUT2D eigenvalue weighted by atomic mass is 10.1. The van der Waals surface area contributed by atoms with E-state index in [1.54, 1.807) is 25.6 Å². The van der Waals surface area contributed by atoms with Crippen LogP contribution in [0.15, 0.2) is 35.1 Å². The Morgan fingerprint density at radius 1 is 1.16 bits per heavy atom. The first-order valence-corrected chi connectivity index (χ1v) is 10.3. The molecule has 0 unspecified atom stereocenters. The number of aromatic nitrogens is 2. The van der Waals surface area contributed by atoms with Gasteiger partial charge in [0.1, 0.15) is 0 Å². The highest BCUT2D eigenvalue weighted by molar-refractivity contribution is 7.15. The van der Waals surface area contributed by atoms with Crippen LogP contribution in [-0.2, 0) is 25.7 Å². The smallest absolute Gasteiger partial charge is 0.449 e. The summed E-state index contributed by atoms with van der Waals surface area (Å²) >= 11 is 1.62. The van der Waals surface area contributed by atoms with Gasteiger partial charge in [-0.25, -0.2) is 4.98 Å². The Morgan fingerprint density at radius 2 is 1.94 bits per heavy atom. The number of H-pyrrole nitrogens is 1. The van der Waals surface area contributed by atoms with Crippen LogP contribution in [0.1, 0.15) is 22.0 Å². The second-order valence-corrected chi connectivity index (χ2v) is 8.30. The number of benzene rings is 1. The Bertz CT molecular complexity index is 1160. The van der Waals surface area contributed by atoms with Gasteiger partial charge in [-0.1, -0.05) is 0 Å². The molecule has 3 aromatic rings. The van der Waals surface area contributed by atoms with Gasteiger partial charge in [0.05, 0.1) is 25.5 Å². The number of hydrogen-bond acceptors (Lipinski definition) is 6. The second-order valence-electron chi connectivity index (χ2n) is 7.13. The third-order valence-corrected chi connectivity index (χ3v) is 6.24. The molecule has 31 heavy (non-hydrogen) atoms. The number of rotatable bonds is 5. The summed E-state index contributed by atoms with van der Waals surface area (Å²) in [6, 6.07) is 9.75. The Balaban J connectivity index is 1.50. The molecule has 0 radical (unpaired) electrons. The Labute approximate surface area is 180 Å². The van der Waals surface area contributed by atoms with E-state index in [1.807, 2.05) is 40.2 Å². The van der Waals surface area contributed by atoms with E-state index in [9.17, 15) is 18.0 Å². The summed E-state index contributed by atoms with van der Waals surface area (Å²) in [5, 5.41) is 0. The van der Waals surface area contributed by atoms with E-state index in [2.05, 4.69) is 4.98 Å². The maximum Gasteiger partial charge on any atom is 0.449 e. The number of methoxy groups -OCH3 is 2. The molecule has 0 fully saturated rings. The number of halogens is 3. The fourth-order valence-electron chi connectivity index (χ4n) is 3.58. The molecule has 1 aromatic carbocycles. The Hall–Kier alpha value is -2.85. The molecule has 2 aromatic heterocycles. The van der Waals surface area contributed by atoms with Gasteiger partial charge in [0.2, 0.25) is 5.82 Å². The monoisotopic (exact) mass is 451 g/mol. The summed E-state index contributed by atoms with van der Waals surface area (Å²) in [6.45, 7) is 1.39. The van der Waals surface area contributed by atoms with Crippen molar-refractivity contribution < 1.29 is 22.6 Å². The largest absolute Gasteiger partial charge is 0.493 e. The molecule has 0 saturated carbocycles. The van der Waals surface area contributed by atoms with Crippen LogP contribution in [0.5, 0.6) is 11.5 Å². The fraction of sp³-hybridized carbons (Fsp3) is 0.333. The van der Waals surface area contributed by atoms with Gasteiger partial charge >= 0.3 is 6.18 Å². The van der Waals surface area contributed by atoms with E-state index >= 15 is 0 Å². The van der Waals surface area contributed by atoms with E-state index in [1.165, 1.54) is 0 Å². The summed E-state index contributed by atoms with van der Waals surface area (Å²) in [6.07, 6.45) is -4.36. The van der Waals surface area contributed by atoms with Crippen LogP contribution in [0, 0.1) is 0 Å². The molecule has 0 spiro atoms. The highest BCUT2D eigenvalue weighted by Crippen LogP contribution is 2.36. The molecule has 164 valence electrons. The predicted octanol–water partition coefficient (Wildman–Crippen LogP) is 4.09. The van der Waals surface area contributed by atoms with Gasteiger partial charge in [0.25, 0.3) is 5.56 Å². The first-order valence-electron chi connectivity index (χ1n) is 9.51. The van der Waals surface area contributed by atoms with E-state index in [0.29, 0.717) is 36.6 Å². The molecule has 4 rings (SSSR count). The maximum absolute atomic E-state index is 12.9. The molecule has 1 N–H and O–H groups in total. The normalized spacial score (nSPS) is 14.4. The van der Waals surface area contributed by atoms with Crippen molar-refractivity contribution in [3.8, 4) is 21.9 Å². The molecule has 3 heterocycles. The maximum atomic E-state index is 12.9. The van der Waals surface area contributed by atoms with Crippen molar-refractivity contribution in [1.82, 2.24) is 14.9 Å². The van der Waals surface area contributed by atoms with Gasteiger partial charge in [-0.3, -0.25) is 9.69 Å². The third kappa shape index (κ3) is 4.45. The number of nitrogens with zero attached hydrogens (tertiary/aromatic N) is 2. The van der Waals surface area contributed by atoms with E-state index in [4.69, 9.17) is 9.47 Å². The zero-order valence-electron chi connectivity index (χ0n) is 16.9. The molecule has 1 aliphatic heterocycles. The lowest BCUT2D eigenvalue weighted by Gasteiger charge is -2.27. The zero-order valence-corrected chi connectivity index (χ0v) is 17.7. The van der Waals surface area contributed by atoms with Gasteiger partial charge in [-0.2, -0.15) is 13.2 Å². The summed E-state index contributed by atoms with van der Waals surface area (Å²) in [7, 11) is 3.17. The molecule has 0 atom stereocenters. The number of thiophene rings is 1. The minimum Gasteiger partial charge on any atom is -0.493 e. The first kappa shape index (κ1) is 21.4. The number of aromatic amines is 1. The zero-order chi connectivity index (χ0) is 22.2. The molecule has 0 saturated heterocycles. The lowest BCUT2D eigenvalue weighted by Crippen LogP contribution is -2.36. The van der Waals surface area contributed by atoms with Gasteiger partial charge in [0, 0.05) is 35.8 Å². The first-order chi connectivity index (χ1) is 14.8. The van der Waals surface area contributed by atoms with Crippen molar-refractivity contribution in [2.45, 2.75) is 25.7 Å². The fourth-order valence-corrected chi connectivity index (χ4v) is 4.62. The van der Waals surface area contributed by atoms with Crippen LogP contribution < -0.4 is 15.0 Å². The van der Waals surface area contributed by atoms with E-state index in [0.717, 1.165) is 15.3 Å². The van der Waals surface area contributed by atoms with Gasteiger partial charge in [-0.15, -0.1) is 11.3 Å². The van der Waals surface area contributed by atoms with Crippen LogP contribution in [-0.4, -0.2) is 35.6 Å². The minimum absolute atomic E-state index is 0.226. The quantitative estimate of drug-likeness (QED) is 0.633. The number of ether oxygens (including phenoxy) is 2. The Kier molecular flexibility index (Phi) is 5.76. The van der Waals surface area contributed by atoms with Crippen LogP contribution >= 0.6 is 11.3 Å². The number of hydrogen-bond donors (Lipinski definition) is 1. The molecule has 0 aliphatic carbocycles. The molecule has 10 heteroatoms. The van der Waals surface area contributed by atoms with Crippen molar-refractivity contribution in [3.63, 3.8) is 0 Å². The van der Waals surface area contributed by atoms with Gasteiger partial charge in [-0.05, 0) is 35.9 Å². The topological polar surface area (TPSA) is 67.5 Å². The summed E-state index contributed by atoms with van der Waals surface area (Å²) in [5.41, 5.74) is 0.804. The predicted molar refractivity (Wildman–Crippen MR) is 111 cm³/mol. The molecule has 1 aliphatic rings. The molecule has 0 amide bonds. The lowest BCUT2D eigenvalue weighted by molar-refractivity contribution is -0.145. The van der Waals surface area contributed by atoms with Crippen LogP contribution in [0.25, 0.3) is 10.4 Å². The summed E-state index contributed by atoms with van der Waals surface area (Å²) < 4.78 is 49.3. The molecule has 0 bridgehead atoms. The molecular weight excluding hydrogens is 431 g/mol. The van der Waals surface area contributed by atoms with Crippen LogP contribution in [0.2, 0.25) is 0 Å². The highest BCUT2D eigenvalue weighted by Gasteiger charge is 2.36. The Morgan fingerprint density at radius 3 is 2.65 bits per heavy atom. The van der Waals surface area contributed by atoms with Gasteiger partial charge < -0.3 is 14.5 Å². The average Bonchev–Trinajstić information content (AvgIpc) is 3.21. The van der Waals surface area contributed by atoms with Crippen molar-refractivity contribution in [2.75, 3.05) is 20.8 Å². The SMILES string of the molecule is COc1ccc(-c2ccc(CN3CCc4nc(C(F)(F)F)[nH]c(=O)c4C3)s2)cc1OC. The highest BCUT2D eigenvalue weighted by atomic mass is 32.1. The summed E-state index contributed by atoms with van der Waals surface area (Å²) in [5.74, 6) is 0.0672. The third-order valence-electron chi connectivity index (χ3n) is 5.13. The molecular formula is C21H20F3N3O3S. The standard InChI is InChI=1S/C21H20F3N3O3S/c1-29-16-5-3-12(9-17(16)30-2)18-6-4-13(31-18)10-27-8-7-15-14(11-27)19(28)26-20(25-15)21(22,23)24/h3-6,9H,7-8,10-11H2,1-2H3,(H,25,26,28). The van der Waals surface area contributed by atoms with Crippen molar-refractivity contribution >= 4 is 11.3 Å². The van der Waals surface area contributed by atoms with Crippen LogP contribution in [0.3, 0.4) is 0 Å². The number of fused-ring (bicyclic) bond motifs is 1. The van der Waals surface area contributed by atoms with E-state index < -0.39 is 17.6 Å². The minimum atomic E-state index is -4.66. The van der Waals surface area contributed by atoms with Gasteiger partial charge in [0.15, 0.2) is 11.5 Å². The summed E-state index contributed by atoms with van der Waals surface area (Å²) in [4.78, 5) is 21.9. The van der Waals surface area contributed by atoms with E-state index in [-0.39, 0.29) is 12.2 Å². The van der Waals surface area contributed by atoms with Crippen molar-refractivity contribution in [2.24, 2.45) is 0 Å². The van der Waals surface area contributed by atoms with Crippen molar-refractivity contribution in [1.29, 1.82) is 0 Å². The van der Waals surface area contributed by atoms with Crippen molar-refractivity contribution in [3.05, 3.63) is 62.6 Å². The molecule has 6 nitrogen and oxygen atoms in total. The van der Waals surface area contributed by atoms with Crippen LogP contribution in [0.4, 0.5) is 13.2 Å². The second kappa shape index (κ2) is 8.35. The average molecular weight is 451 g/mol. The number of alkyl halides is 3.